The van der Waals surface area contributed by atoms with E-state index in [1.54, 1.807) is 6.07 Å². The minimum Gasteiger partial charge on any atom is -0.322 e. The lowest BCUT2D eigenvalue weighted by Gasteiger charge is -2.07. The number of nitrogens with zero attached hydrogens (tertiary/aromatic N) is 1. The summed E-state index contributed by atoms with van der Waals surface area (Å²) in [4.78, 5) is 0. The highest BCUT2D eigenvalue weighted by atomic mass is 19.1. The molecule has 2 nitrogen and oxygen atoms in total. The number of alkyl halides is 1. The molecule has 13 heavy (non-hydrogen) atoms. The molecule has 0 heterocycles. The van der Waals surface area contributed by atoms with Crippen LogP contribution in [0.15, 0.2) is 18.2 Å². The molecule has 0 radical (unpaired) electrons. The van der Waals surface area contributed by atoms with E-state index in [9.17, 15) is 8.78 Å². The van der Waals surface area contributed by atoms with E-state index in [0.29, 0.717) is 5.56 Å². The average molecular weight is 182 g/mol. The van der Waals surface area contributed by atoms with E-state index in [4.69, 9.17) is 11.0 Å². The van der Waals surface area contributed by atoms with Crippen LogP contribution in [0.3, 0.4) is 0 Å². The maximum Gasteiger partial charge on any atom is 0.140 e. The fraction of sp³-hybridized carbons (Fsp3) is 0.222. The van der Waals surface area contributed by atoms with Gasteiger partial charge in [-0.3, -0.25) is 0 Å². The highest BCUT2D eigenvalue weighted by molar-refractivity contribution is 5.35. The third kappa shape index (κ3) is 2.01. The zero-order valence-corrected chi connectivity index (χ0v) is 6.80. The molecule has 0 aromatic heterocycles. The molecule has 1 aromatic carbocycles. The number of nitriles is 1. The molecule has 0 fully saturated rings. The number of nitrogens with two attached hydrogens (primary N) is 1. The Morgan fingerprint density at radius 3 is 2.77 bits per heavy atom. The highest BCUT2D eigenvalue weighted by Crippen LogP contribution is 2.15. The second kappa shape index (κ2) is 3.97. The molecule has 0 amide bonds. The molecule has 1 rings (SSSR count). The first-order chi connectivity index (χ1) is 6.19. The Morgan fingerprint density at radius 1 is 1.54 bits per heavy atom. The van der Waals surface area contributed by atoms with Gasteiger partial charge in [0.15, 0.2) is 0 Å². The van der Waals surface area contributed by atoms with Crippen LogP contribution in [0.2, 0.25) is 0 Å². The summed E-state index contributed by atoms with van der Waals surface area (Å²) in [6.07, 6.45) is 0. The molecule has 2 N–H and O–H groups in total. The van der Waals surface area contributed by atoms with Gasteiger partial charge in [0, 0.05) is 0 Å². The summed E-state index contributed by atoms with van der Waals surface area (Å²) < 4.78 is 24.9. The summed E-state index contributed by atoms with van der Waals surface area (Å²) in [5, 5.41) is 8.47. The van der Waals surface area contributed by atoms with Crippen molar-refractivity contribution in [3.05, 3.63) is 35.1 Å². The van der Waals surface area contributed by atoms with Crippen molar-refractivity contribution in [2.75, 3.05) is 6.67 Å². The Hall–Kier alpha value is -1.47. The zero-order valence-electron chi connectivity index (χ0n) is 6.80. The van der Waals surface area contributed by atoms with Crippen molar-refractivity contribution in [1.82, 2.24) is 0 Å². The van der Waals surface area contributed by atoms with Crippen LogP contribution in [0.4, 0.5) is 8.78 Å². The molecule has 0 spiro atoms. The van der Waals surface area contributed by atoms with Gasteiger partial charge in [-0.05, 0) is 17.7 Å². The molecule has 0 unspecified atom stereocenters. The molecule has 68 valence electrons. The third-order valence-corrected chi connectivity index (χ3v) is 1.71. The number of rotatable bonds is 2. The number of benzene rings is 1. The highest BCUT2D eigenvalue weighted by Gasteiger charge is 2.08. The Bertz CT molecular complexity index is 344. The van der Waals surface area contributed by atoms with E-state index in [0.717, 1.165) is 6.07 Å². The van der Waals surface area contributed by atoms with Crippen molar-refractivity contribution in [2.24, 2.45) is 5.73 Å². The van der Waals surface area contributed by atoms with Gasteiger partial charge in [-0.25, -0.2) is 8.78 Å². The van der Waals surface area contributed by atoms with Crippen molar-refractivity contribution in [2.45, 2.75) is 6.04 Å². The van der Waals surface area contributed by atoms with Crippen molar-refractivity contribution >= 4 is 0 Å². The van der Waals surface area contributed by atoms with Gasteiger partial charge in [-0.2, -0.15) is 5.26 Å². The third-order valence-electron chi connectivity index (χ3n) is 1.71. The molecule has 1 atom stereocenters. The molecule has 0 aliphatic carbocycles. The van der Waals surface area contributed by atoms with Gasteiger partial charge in [0.1, 0.15) is 18.6 Å². The monoisotopic (exact) mass is 182 g/mol. The van der Waals surface area contributed by atoms with Gasteiger partial charge < -0.3 is 5.73 Å². The first-order valence-corrected chi connectivity index (χ1v) is 3.70. The lowest BCUT2D eigenvalue weighted by molar-refractivity contribution is 0.437. The van der Waals surface area contributed by atoms with Crippen molar-refractivity contribution in [3.63, 3.8) is 0 Å². The molecule has 0 saturated carbocycles. The molecule has 0 aliphatic rings. The Kier molecular flexibility index (Phi) is 2.93. The van der Waals surface area contributed by atoms with Crippen LogP contribution in [-0.2, 0) is 0 Å². The maximum atomic E-state index is 12.8. The van der Waals surface area contributed by atoms with Crippen LogP contribution in [0.5, 0.6) is 0 Å². The molecular formula is C9H8F2N2. The van der Waals surface area contributed by atoms with Gasteiger partial charge in [-0.15, -0.1) is 0 Å². The van der Waals surface area contributed by atoms with Crippen LogP contribution in [0, 0.1) is 17.1 Å². The van der Waals surface area contributed by atoms with Gasteiger partial charge >= 0.3 is 0 Å². The normalized spacial score (nSPS) is 12.2. The lowest BCUT2D eigenvalue weighted by atomic mass is 10.1. The van der Waals surface area contributed by atoms with Crippen LogP contribution < -0.4 is 5.73 Å². The lowest BCUT2D eigenvalue weighted by Crippen LogP contribution is -2.12. The fourth-order valence-electron chi connectivity index (χ4n) is 0.948. The van der Waals surface area contributed by atoms with Crippen LogP contribution >= 0.6 is 0 Å². The first kappa shape index (κ1) is 9.62. The van der Waals surface area contributed by atoms with Gasteiger partial charge in [0.2, 0.25) is 0 Å². The molecule has 1 aromatic rings. The fourth-order valence-corrected chi connectivity index (χ4v) is 0.948. The second-order valence-corrected chi connectivity index (χ2v) is 2.61. The summed E-state index contributed by atoms with van der Waals surface area (Å²) in [5.41, 5.74) is 5.68. The predicted molar refractivity (Wildman–Crippen MR) is 44.0 cm³/mol. The van der Waals surface area contributed by atoms with Gasteiger partial charge in [0.25, 0.3) is 0 Å². The number of hydrogen-bond donors (Lipinski definition) is 1. The number of halogens is 2. The van der Waals surface area contributed by atoms with Gasteiger partial charge in [-0.1, -0.05) is 6.07 Å². The maximum absolute atomic E-state index is 12.8. The minimum absolute atomic E-state index is 0.110. The molecule has 0 bridgehead atoms. The summed E-state index contributed by atoms with van der Waals surface area (Å²) in [5.74, 6) is -0.614. The first-order valence-electron chi connectivity index (χ1n) is 3.70. The summed E-state index contributed by atoms with van der Waals surface area (Å²) >= 11 is 0. The summed E-state index contributed by atoms with van der Waals surface area (Å²) in [7, 11) is 0. The Balaban J connectivity index is 3.08. The smallest absolute Gasteiger partial charge is 0.140 e. The van der Waals surface area contributed by atoms with Crippen LogP contribution in [0.25, 0.3) is 0 Å². The van der Waals surface area contributed by atoms with E-state index in [-0.39, 0.29) is 5.56 Å². The van der Waals surface area contributed by atoms with E-state index in [1.165, 1.54) is 12.1 Å². The SMILES string of the molecule is N#Cc1cc([C@H](N)CF)ccc1F. The van der Waals surface area contributed by atoms with E-state index in [1.807, 2.05) is 0 Å². The van der Waals surface area contributed by atoms with Crippen molar-refractivity contribution < 1.29 is 8.78 Å². The largest absolute Gasteiger partial charge is 0.322 e. The second-order valence-electron chi connectivity index (χ2n) is 2.61. The Labute approximate surface area is 74.6 Å². The van der Waals surface area contributed by atoms with E-state index < -0.39 is 18.5 Å². The molecule has 4 heteroatoms. The minimum atomic E-state index is -0.785. The molecule has 0 aliphatic heterocycles. The van der Waals surface area contributed by atoms with Crippen molar-refractivity contribution in [3.8, 4) is 6.07 Å². The standard InChI is InChI=1S/C9H8F2N2/c10-4-9(13)6-1-2-8(11)7(3-6)5-12/h1-3,9H,4,13H2/t9-/m1/s1. The quantitative estimate of drug-likeness (QED) is 0.756. The van der Waals surface area contributed by atoms with Crippen LogP contribution in [0.1, 0.15) is 17.2 Å². The number of hydrogen-bond acceptors (Lipinski definition) is 2. The zero-order chi connectivity index (χ0) is 9.84. The molecular weight excluding hydrogens is 174 g/mol. The summed E-state index contributed by atoms with van der Waals surface area (Å²) in [6, 6.07) is 4.63. The van der Waals surface area contributed by atoms with Crippen molar-refractivity contribution in [1.29, 1.82) is 5.26 Å². The predicted octanol–water partition coefficient (Wildman–Crippen LogP) is 1.67. The summed E-state index contributed by atoms with van der Waals surface area (Å²) in [6.45, 7) is -0.726. The molecule has 0 saturated heterocycles. The topological polar surface area (TPSA) is 49.8 Å². The Morgan fingerprint density at radius 2 is 2.23 bits per heavy atom. The van der Waals surface area contributed by atoms with Crippen LogP contribution in [-0.4, -0.2) is 6.67 Å². The van der Waals surface area contributed by atoms with Gasteiger partial charge in [0.05, 0.1) is 11.6 Å². The van der Waals surface area contributed by atoms with E-state index >= 15 is 0 Å². The van der Waals surface area contributed by atoms with E-state index in [2.05, 4.69) is 0 Å². The average Bonchev–Trinajstić information content (AvgIpc) is 2.17.